The molecule has 2 aliphatic rings. The average molecular weight is 304 g/mol. The van der Waals surface area contributed by atoms with Crippen LogP contribution in [0.3, 0.4) is 0 Å². The summed E-state index contributed by atoms with van der Waals surface area (Å²) < 4.78 is 10.3. The zero-order chi connectivity index (χ0) is 16.5. The fraction of sp³-hybridized carbons (Fsp3) is 0.556. The molecule has 3 atom stereocenters. The maximum Gasteiger partial charge on any atom is 0.312 e. The average Bonchev–Trinajstić information content (AvgIpc) is 2.59. The van der Waals surface area contributed by atoms with E-state index in [1.807, 2.05) is 18.2 Å². The summed E-state index contributed by atoms with van der Waals surface area (Å²) in [6.45, 7) is 7.83. The molecule has 0 saturated heterocycles. The Labute approximate surface area is 131 Å². The van der Waals surface area contributed by atoms with Crippen molar-refractivity contribution in [2.24, 2.45) is 23.2 Å². The van der Waals surface area contributed by atoms with Gasteiger partial charge in [-0.25, -0.2) is 0 Å². The Morgan fingerprint density at radius 2 is 2.00 bits per heavy atom. The number of carbonyl (C=O) groups excluding carboxylic acids is 2. The monoisotopic (exact) mass is 304 g/mol. The fourth-order valence-electron chi connectivity index (χ4n) is 3.51. The number of carbonyl (C=O) groups is 2. The van der Waals surface area contributed by atoms with Gasteiger partial charge in [-0.05, 0) is 24.3 Å². The van der Waals surface area contributed by atoms with Crippen LogP contribution >= 0.6 is 0 Å². The molecule has 0 amide bonds. The molecule has 120 valence electrons. The number of methoxy groups -OCH3 is 1. The SMILES string of the molecule is COC(=O)[C@H]1C=C2C(OC(C)=O)=C[C@@H](C(C)C)[C@@]2(C)C=CC1. The summed E-state index contributed by atoms with van der Waals surface area (Å²) >= 11 is 0. The van der Waals surface area contributed by atoms with Crippen LogP contribution in [0, 0.1) is 23.2 Å². The topological polar surface area (TPSA) is 52.6 Å². The number of esters is 2. The molecule has 4 nitrogen and oxygen atoms in total. The summed E-state index contributed by atoms with van der Waals surface area (Å²) in [6.07, 6.45) is 8.69. The van der Waals surface area contributed by atoms with E-state index in [1.54, 1.807) is 0 Å². The third-order valence-electron chi connectivity index (χ3n) is 4.57. The molecular weight excluding hydrogens is 280 g/mol. The molecule has 2 rings (SSSR count). The summed E-state index contributed by atoms with van der Waals surface area (Å²) in [7, 11) is 1.39. The van der Waals surface area contributed by atoms with Crippen LogP contribution in [0.4, 0.5) is 0 Å². The molecule has 2 aliphatic carbocycles. The van der Waals surface area contributed by atoms with E-state index in [4.69, 9.17) is 9.47 Å². The highest BCUT2D eigenvalue weighted by Crippen LogP contribution is 2.52. The van der Waals surface area contributed by atoms with Crippen molar-refractivity contribution < 1.29 is 19.1 Å². The predicted molar refractivity (Wildman–Crippen MR) is 83.6 cm³/mol. The lowest BCUT2D eigenvalue weighted by atomic mass is 9.71. The Kier molecular flexibility index (Phi) is 4.59. The van der Waals surface area contributed by atoms with Gasteiger partial charge in [0.25, 0.3) is 0 Å². The second-order valence-corrected chi connectivity index (χ2v) is 6.53. The molecule has 22 heavy (non-hydrogen) atoms. The van der Waals surface area contributed by atoms with E-state index >= 15 is 0 Å². The number of hydrogen-bond acceptors (Lipinski definition) is 4. The van der Waals surface area contributed by atoms with Gasteiger partial charge in [0.15, 0.2) is 0 Å². The largest absolute Gasteiger partial charge is 0.469 e. The first-order valence-electron chi connectivity index (χ1n) is 7.68. The van der Waals surface area contributed by atoms with Crippen LogP contribution < -0.4 is 0 Å². The molecule has 0 aliphatic heterocycles. The molecule has 0 aromatic heterocycles. The van der Waals surface area contributed by atoms with Crippen molar-refractivity contribution in [2.45, 2.75) is 34.1 Å². The lowest BCUT2D eigenvalue weighted by Crippen LogP contribution is -2.26. The van der Waals surface area contributed by atoms with Crippen LogP contribution in [0.25, 0.3) is 0 Å². The van der Waals surface area contributed by atoms with E-state index in [0.717, 1.165) is 5.57 Å². The quantitative estimate of drug-likeness (QED) is 0.592. The van der Waals surface area contributed by atoms with E-state index in [0.29, 0.717) is 18.1 Å². The normalized spacial score (nSPS) is 30.3. The number of allylic oxidation sites excluding steroid dienone is 4. The van der Waals surface area contributed by atoms with Gasteiger partial charge in [-0.2, -0.15) is 0 Å². The number of fused-ring (bicyclic) bond motifs is 1. The summed E-state index contributed by atoms with van der Waals surface area (Å²) in [5.74, 6) is 0.233. The van der Waals surface area contributed by atoms with E-state index < -0.39 is 0 Å². The van der Waals surface area contributed by atoms with Crippen molar-refractivity contribution in [3.63, 3.8) is 0 Å². The molecule has 0 unspecified atom stereocenters. The van der Waals surface area contributed by atoms with E-state index in [-0.39, 0.29) is 29.2 Å². The van der Waals surface area contributed by atoms with Gasteiger partial charge in [0.1, 0.15) is 5.76 Å². The summed E-state index contributed by atoms with van der Waals surface area (Å²) in [4.78, 5) is 23.3. The van der Waals surface area contributed by atoms with Gasteiger partial charge >= 0.3 is 11.9 Å². The third-order valence-corrected chi connectivity index (χ3v) is 4.57. The molecule has 0 N–H and O–H groups in total. The van der Waals surface area contributed by atoms with Crippen LogP contribution in [-0.4, -0.2) is 19.0 Å². The Morgan fingerprint density at radius 1 is 1.32 bits per heavy atom. The highest BCUT2D eigenvalue weighted by molar-refractivity contribution is 5.76. The third kappa shape index (κ3) is 2.87. The van der Waals surface area contributed by atoms with Crippen molar-refractivity contribution >= 4 is 11.9 Å². The first kappa shape index (κ1) is 16.5. The Bertz CT molecular complexity index is 568. The molecule has 0 saturated carbocycles. The maximum absolute atomic E-state index is 11.9. The van der Waals surface area contributed by atoms with Crippen molar-refractivity contribution in [1.82, 2.24) is 0 Å². The van der Waals surface area contributed by atoms with Gasteiger partial charge in [-0.3, -0.25) is 9.59 Å². The standard InChI is InChI=1S/C18H24O4/c1-11(2)14-10-16(22-12(3)19)15-9-13(17(20)21-5)7-6-8-18(14,15)4/h6,8-11,13-14H,7H2,1-5H3/t13-,14+,18-/m1/s1. The first-order valence-corrected chi connectivity index (χ1v) is 7.68. The van der Waals surface area contributed by atoms with E-state index in [9.17, 15) is 9.59 Å². The minimum absolute atomic E-state index is 0.223. The number of rotatable bonds is 3. The first-order chi connectivity index (χ1) is 10.3. The number of hydrogen-bond donors (Lipinski definition) is 0. The molecule has 0 spiro atoms. The zero-order valence-corrected chi connectivity index (χ0v) is 13.9. The van der Waals surface area contributed by atoms with Gasteiger partial charge in [0.2, 0.25) is 0 Å². The molecule has 0 aromatic carbocycles. The van der Waals surface area contributed by atoms with Crippen LogP contribution in [0.15, 0.2) is 35.6 Å². The van der Waals surface area contributed by atoms with E-state index in [2.05, 4.69) is 26.8 Å². The van der Waals surface area contributed by atoms with Crippen molar-refractivity contribution in [3.05, 3.63) is 35.6 Å². The minimum atomic E-state index is -0.346. The van der Waals surface area contributed by atoms with Crippen LogP contribution in [0.5, 0.6) is 0 Å². The highest BCUT2D eigenvalue weighted by Gasteiger charge is 2.45. The molecular formula is C18H24O4. The Balaban J connectivity index is 2.50. The molecule has 0 heterocycles. The van der Waals surface area contributed by atoms with Gasteiger partial charge in [0.05, 0.1) is 13.0 Å². The Hall–Kier alpha value is -1.84. The van der Waals surface area contributed by atoms with Gasteiger partial charge < -0.3 is 9.47 Å². The maximum atomic E-state index is 11.9. The second kappa shape index (κ2) is 6.11. The highest BCUT2D eigenvalue weighted by atomic mass is 16.5. The van der Waals surface area contributed by atoms with Crippen LogP contribution in [0.2, 0.25) is 0 Å². The molecule has 0 aromatic rings. The van der Waals surface area contributed by atoms with Crippen LogP contribution in [-0.2, 0) is 19.1 Å². The van der Waals surface area contributed by atoms with E-state index in [1.165, 1.54) is 14.0 Å². The fourth-order valence-corrected chi connectivity index (χ4v) is 3.51. The molecule has 0 radical (unpaired) electrons. The van der Waals surface area contributed by atoms with Crippen molar-refractivity contribution in [3.8, 4) is 0 Å². The summed E-state index contributed by atoms with van der Waals surface area (Å²) in [5, 5.41) is 0. The van der Waals surface area contributed by atoms with Gasteiger partial charge in [0, 0.05) is 17.9 Å². The van der Waals surface area contributed by atoms with Crippen molar-refractivity contribution in [1.29, 1.82) is 0 Å². The predicted octanol–water partition coefficient (Wildman–Crippen LogP) is 3.40. The molecule has 0 fully saturated rings. The second-order valence-electron chi connectivity index (χ2n) is 6.53. The van der Waals surface area contributed by atoms with Gasteiger partial charge in [-0.1, -0.05) is 39.0 Å². The smallest absolute Gasteiger partial charge is 0.312 e. The van der Waals surface area contributed by atoms with Crippen LogP contribution in [0.1, 0.15) is 34.1 Å². The molecule has 4 heteroatoms. The lowest BCUT2D eigenvalue weighted by molar-refractivity contribution is -0.143. The lowest BCUT2D eigenvalue weighted by Gasteiger charge is -2.32. The molecule has 0 bridgehead atoms. The zero-order valence-electron chi connectivity index (χ0n) is 13.9. The van der Waals surface area contributed by atoms with Gasteiger partial charge in [-0.15, -0.1) is 0 Å². The minimum Gasteiger partial charge on any atom is -0.469 e. The van der Waals surface area contributed by atoms with Crippen molar-refractivity contribution in [2.75, 3.05) is 7.11 Å². The summed E-state index contributed by atoms with van der Waals surface area (Å²) in [5.41, 5.74) is 0.646. The number of ether oxygens (including phenoxy) is 2. The summed E-state index contributed by atoms with van der Waals surface area (Å²) in [6, 6.07) is 0. The Morgan fingerprint density at radius 3 is 2.55 bits per heavy atom.